The number of likely N-dealkylation sites (tertiary alicyclic amines) is 1. The van der Waals surface area contributed by atoms with E-state index in [2.05, 4.69) is 11.8 Å². The van der Waals surface area contributed by atoms with Gasteiger partial charge in [-0.15, -0.1) is 0 Å². The maximum Gasteiger partial charge on any atom is 0.416 e. The van der Waals surface area contributed by atoms with Gasteiger partial charge < -0.3 is 14.4 Å². The molecule has 1 amide bonds. The molecule has 0 unspecified atom stereocenters. The number of piperazine rings is 1. The molecule has 2 aliphatic heterocycles. The van der Waals surface area contributed by atoms with Gasteiger partial charge in [0.05, 0.1) is 25.0 Å². The van der Waals surface area contributed by atoms with Crippen LogP contribution in [0.5, 0.6) is 0 Å². The van der Waals surface area contributed by atoms with E-state index >= 15 is 0 Å². The minimum absolute atomic E-state index is 0.194. The highest BCUT2D eigenvalue weighted by Crippen LogP contribution is 2.35. The number of alkyl halides is 3. The smallest absolute Gasteiger partial charge is 0.416 e. The highest BCUT2D eigenvalue weighted by atomic mass is 19.4. The van der Waals surface area contributed by atoms with Crippen LogP contribution in [0.2, 0.25) is 0 Å². The number of hydrogen-bond acceptors (Lipinski definition) is 5. The van der Waals surface area contributed by atoms with E-state index in [0.717, 1.165) is 12.1 Å². The normalized spacial score (nSPS) is 26.1. The molecule has 0 N–H and O–H groups in total. The molecule has 0 spiro atoms. The standard InChI is InChI=1S/C26H40F3N3O3/c1-19-17-31(25(5)11-13-30(14-12-25)23(33)35-24(2,3)4)15-16-32(19)22(18-34-6)20-7-9-21(10-8-20)26(27,28)29/h7-10,19,22H,11-18H2,1-6H3/t19-,22-/m0/s1/i6D3,18D2. The van der Waals surface area contributed by atoms with Gasteiger partial charge in [0, 0.05) is 51.3 Å². The molecule has 6 nitrogen and oxygen atoms in total. The molecule has 35 heavy (non-hydrogen) atoms. The number of methoxy groups -OCH3 is 1. The van der Waals surface area contributed by atoms with Crippen LogP contribution in [0, 0.1) is 0 Å². The summed E-state index contributed by atoms with van der Waals surface area (Å²) in [5.41, 5.74) is -1.49. The van der Waals surface area contributed by atoms with E-state index in [0.29, 0.717) is 45.6 Å². The summed E-state index contributed by atoms with van der Waals surface area (Å²) in [6.45, 7) is 9.20. The minimum atomic E-state index is -4.56. The molecule has 1 aromatic rings. The van der Waals surface area contributed by atoms with Crippen molar-refractivity contribution in [3.05, 3.63) is 35.4 Å². The monoisotopic (exact) mass is 504 g/mol. The molecule has 9 heteroatoms. The fraction of sp³-hybridized carbons (Fsp3) is 0.731. The van der Waals surface area contributed by atoms with Gasteiger partial charge in [-0.05, 0) is 65.2 Å². The SMILES string of the molecule is [2H]C([2H])([2H])OC([2H])([2H])[C@@H](c1ccc(C(F)(F)F)cc1)N1CCN(C2(C)CCN(C(=O)OC(C)(C)C)CC2)C[C@@H]1C. The average molecular weight is 505 g/mol. The third-order valence-corrected chi connectivity index (χ3v) is 6.99. The first-order valence-corrected chi connectivity index (χ1v) is 12.0. The van der Waals surface area contributed by atoms with E-state index in [1.165, 1.54) is 12.1 Å². The fourth-order valence-corrected chi connectivity index (χ4v) is 4.90. The zero-order valence-corrected chi connectivity index (χ0v) is 21.1. The molecule has 2 heterocycles. The van der Waals surface area contributed by atoms with Gasteiger partial charge in [-0.3, -0.25) is 9.80 Å². The molecule has 2 atom stereocenters. The Morgan fingerprint density at radius 2 is 1.80 bits per heavy atom. The Morgan fingerprint density at radius 1 is 1.17 bits per heavy atom. The number of benzene rings is 1. The van der Waals surface area contributed by atoms with Crippen molar-refractivity contribution in [3.8, 4) is 0 Å². The van der Waals surface area contributed by atoms with Crippen LogP contribution in [0.25, 0.3) is 0 Å². The first-order valence-electron chi connectivity index (χ1n) is 14.5. The Labute approximate surface area is 214 Å². The minimum Gasteiger partial charge on any atom is -0.444 e. The Morgan fingerprint density at radius 3 is 2.31 bits per heavy atom. The van der Waals surface area contributed by atoms with Gasteiger partial charge in [-0.1, -0.05) is 12.1 Å². The topological polar surface area (TPSA) is 45.2 Å². The van der Waals surface area contributed by atoms with Crippen LogP contribution >= 0.6 is 0 Å². The number of piperidine rings is 1. The predicted molar refractivity (Wildman–Crippen MR) is 129 cm³/mol. The first kappa shape index (κ1) is 21.3. The van der Waals surface area contributed by atoms with Crippen molar-refractivity contribution in [3.63, 3.8) is 0 Å². The first-order chi connectivity index (χ1) is 18.1. The summed E-state index contributed by atoms with van der Waals surface area (Å²) >= 11 is 0. The third-order valence-electron chi connectivity index (χ3n) is 6.99. The zero-order valence-electron chi connectivity index (χ0n) is 26.1. The predicted octanol–water partition coefficient (Wildman–Crippen LogP) is 5.19. The molecule has 2 saturated heterocycles. The number of carbonyl (C=O) groups is 1. The largest absolute Gasteiger partial charge is 0.444 e. The summed E-state index contributed by atoms with van der Waals surface area (Å²) in [6, 6.07) is 2.57. The molecule has 0 radical (unpaired) electrons. The van der Waals surface area contributed by atoms with E-state index < -0.39 is 37.0 Å². The second-order valence-electron chi connectivity index (χ2n) is 10.7. The lowest BCUT2D eigenvalue weighted by Gasteiger charge is -2.52. The van der Waals surface area contributed by atoms with E-state index in [9.17, 15) is 18.0 Å². The van der Waals surface area contributed by atoms with Gasteiger partial charge in [0.15, 0.2) is 0 Å². The van der Waals surface area contributed by atoms with Crippen molar-refractivity contribution in [1.29, 1.82) is 0 Å². The molecule has 0 aliphatic carbocycles. The molecular formula is C26H40F3N3O3. The lowest BCUT2D eigenvalue weighted by molar-refractivity contribution is -0.137. The zero-order chi connectivity index (χ0) is 30.3. The van der Waals surface area contributed by atoms with Gasteiger partial charge in [0.1, 0.15) is 5.60 Å². The van der Waals surface area contributed by atoms with Crippen molar-refractivity contribution in [2.75, 3.05) is 46.3 Å². The van der Waals surface area contributed by atoms with Gasteiger partial charge in [-0.2, -0.15) is 13.2 Å². The summed E-state index contributed by atoms with van der Waals surface area (Å²) in [5.74, 6) is 0. The molecule has 198 valence electrons. The lowest BCUT2D eigenvalue weighted by atomic mass is 9.86. The van der Waals surface area contributed by atoms with Crippen molar-refractivity contribution >= 4 is 6.09 Å². The molecule has 2 aliphatic rings. The Kier molecular flexibility index (Phi) is 6.47. The highest BCUT2D eigenvalue weighted by molar-refractivity contribution is 5.68. The van der Waals surface area contributed by atoms with Gasteiger partial charge >= 0.3 is 12.3 Å². The van der Waals surface area contributed by atoms with Gasteiger partial charge in [-0.25, -0.2) is 4.79 Å². The number of nitrogens with zero attached hydrogens (tertiary/aromatic N) is 3. The van der Waals surface area contributed by atoms with Gasteiger partial charge in [0.25, 0.3) is 0 Å². The third kappa shape index (κ3) is 6.89. The van der Waals surface area contributed by atoms with Crippen molar-refractivity contribution < 1.29 is 34.3 Å². The average Bonchev–Trinajstić information content (AvgIpc) is 2.77. The second-order valence-corrected chi connectivity index (χ2v) is 10.7. The van der Waals surface area contributed by atoms with Crippen LogP contribution < -0.4 is 0 Å². The Balaban J connectivity index is 1.78. The molecular weight excluding hydrogens is 459 g/mol. The molecule has 3 rings (SSSR count). The van der Waals surface area contributed by atoms with Crippen LogP contribution in [-0.4, -0.2) is 84.3 Å². The number of halogens is 3. The number of ether oxygens (including phenoxy) is 2. The molecule has 0 aromatic heterocycles. The van der Waals surface area contributed by atoms with Crippen molar-refractivity contribution in [2.45, 2.75) is 76.9 Å². The van der Waals surface area contributed by atoms with Crippen LogP contribution in [0.15, 0.2) is 24.3 Å². The number of amides is 1. The Hall–Kier alpha value is -1.84. The fourth-order valence-electron chi connectivity index (χ4n) is 4.90. The number of carbonyl (C=O) groups excluding carboxylic acids is 1. The van der Waals surface area contributed by atoms with Crippen LogP contribution in [0.4, 0.5) is 18.0 Å². The number of hydrogen-bond donors (Lipinski definition) is 0. The van der Waals surface area contributed by atoms with Crippen LogP contribution in [-0.2, 0) is 15.7 Å². The summed E-state index contributed by atoms with van der Waals surface area (Å²) in [4.78, 5) is 18.3. The molecule has 1 aromatic carbocycles. The maximum atomic E-state index is 13.2. The second kappa shape index (κ2) is 10.6. The molecule has 0 bridgehead atoms. The number of rotatable bonds is 5. The highest BCUT2D eigenvalue weighted by Gasteiger charge is 2.41. The summed E-state index contributed by atoms with van der Waals surface area (Å²) in [6.07, 6.45) is -3.48. The van der Waals surface area contributed by atoms with E-state index in [-0.39, 0.29) is 23.2 Å². The van der Waals surface area contributed by atoms with E-state index in [1.54, 1.807) is 9.80 Å². The van der Waals surface area contributed by atoms with E-state index in [1.807, 2.05) is 27.7 Å². The maximum absolute atomic E-state index is 13.2. The van der Waals surface area contributed by atoms with Gasteiger partial charge in [0.2, 0.25) is 0 Å². The summed E-state index contributed by atoms with van der Waals surface area (Å²) < 4.78 is 89.4. The van der Waals surface area contributed by atoms with Crippen LogP contribution in [0.3, 0.4) is 0 Å². The van der Waals surface area contributed by atoms with Crippen molar-refractivity contribution in [2.24, 2.45) is 0 Å². The lowest BCUT2D eigenvalue weighted by Crippen LogP contribution is -2.62. The molecule has 0 saturated carbocycles. The van der Waals surface area contributed by atoms with Crippen LogP contribution in [0.1, 0.15) is 71.5 Å². The Bertz CT molecular complexity index is 1020. The summed E-state index contributed by atoms with van der Waals surface area (Å²) in [7, 11) is -3.05. The van der Waals surface area contributed by atoms with E-state index in [4.69, 9.17) is 16.3 Å². The van der Waals surface area contributed by atoms with Crippen molar-refractivity contribution in [1.82, 2.24) is 14.7 Å². The molecule has 2 fully saturated rings. The quantitative estimate of drug-likeness (QED) is 0.552. The summed E-state index contributed by atoms with van der Waals surface area (Å²) in [5, 5.41) is 0.